The minimum atomic E-state index is -0.385. The molecule has 1 fully saturated rings. The van der Waals surface area contributed by atoms with Crippen molar-refractivity contribution in [1.29, 1.82) is 0 Å². The van der Waals surface area contributed by atoms with E-state index in [0.29, 0.717) is 32.0 Å². The number of phenolic OH excluding ortho intramolecular Hbond substituents is 1. The molecule has 0 aliphatic carbocycles. The zero-order valence-corrected chi connectivity index (χ0v) is 17.3. The summed E-state index contributed by atoms with van der Waals surface area (Å²) >= 11 is 0. The summed E-state index contributed by atoms with van der Waals surface area (Å²) in [6, 6.07) is 3.81. The molecular weight excluding hydrogens is 344 g/mol. The van der Waals surface area contributed by atoms with Crippen molar-refractivity contribution in [3.05, 3.63) is 34.6 Å². The van der Waals surface area contributed by atoms with E-state index in [0.717, 1.165) is 23.1 Å². The Bertz CT molecular complexity index is 702. The highest BCUT2D eigenvalue weighted by Gasteiger charge is 2.34. The van der Waals surface area contributed by atoms with Crippen LogP contribution in [0.4, 0.5) is 0 Å². The molecule has 0 spiro atoms. The second-order valence-electron chi connectivity index (χ2n) is 8.97. The maximum absolute atomic E-state index is 11.4. The fourth-order valence-electron chi connectivity index (χ4n) is 3.11. The fraction of sp³-hybridized carbons (Fsp3) is 0.636. The Balaban J connectivity index is 2.09. The standard InChI is InChI=1S/C22H32O5/c1-15-10-16(12-18(19(15)24)21(2,3)4)11-17(13-23)27-14-22(5,6)20-25-8-7-9-26-20/h10,12,20,24H,7-9,11,14H2,1-6H3. The molecule has 0 aromatic heterocycles. The minimum absolute atomic E-state index is 0.200. The third-order valence-electron chi connectivity index (χ3n) is 4.73. The summed E-state index contributed by atoms with van der Waals surface area (Å²) in [5, 5.41) is 10.4. The number of aromatic hydroxyl groups is 1. The zero-order valence-electron chi connectivity index (χ0n) is 17.3. The number of aryl methyl sites for hydroxylation is 1. The average Bonchev–Trinajstić information content (AvgIpc) is 2.61. The fourth-order valence-corrected chi connectivity index (χ4v) is 3.11. The highest BCUT2D eigenvalue weighted by Crippen LogP contribution is 2.35. The molecule has 1 aliphatic rings. The van der Waals surface area contributed by atoms with Gasteiger partial charge in [-0.05, 0) is 35.4 Å². The number of carbonyl (C=O) groups excluding carboxylic acids is 1. The normalized spacial score (nSPS) is 16.1. The third kappa shape index (κ3) is 5.58. The van der Waals surface area contributed by atoms with Gasteiger partial charge in [-0.2, -0.15) is 0 Å². The van der Waals surface area contributed by atoms with Gasteiger partial charge in [-0.3, -0.25) is 0 Å². The molecule has 0 atom stereocenters. The molecule has 1 N–H and O–H groups in total. The van der Waals surface area contributed by atoms with Gasteiger partial charge < -0.3 is 19.3 Å². The van der Waals surface area contributed by atoms with E-state index in [2.05, 4.69) is 0 Å². The van der Waals surface area contributed by atoms with Crippen LogP contribution in [-0.4, -0.2) is 37.2 Å². The van der Waals surface area contributed by atoms with Crippen molar-refractivity contribution < 1.29 is 24.1 Å². The molecule has 0 saturated carbocycles. The van der Waals surface area contributed by atoms with E-state index in [-0.39, 0.29) is 22.9 Å². The number of hydrogen-bond acceptors (Lipinski definition) is 5. The number of phenols is 1. The molecule has 150 valence electrons. The smallest absolute Gasteiger partial charge is 0.183 e. The van der Waals surface area contributed by atoms with Crippen molar-refractivity contribution in [1.82, 2.24) is 0 Å². The van der Waals surface area contributed by atoms with Crippen LogP contribution >= 0.6 is 0 Å². The first-order valence-corrected chi connectivity index (χ1v) is 9.47. The Hall–Kier alpha value is -1.81. The molecule has 1 aromatic rings. The van der Waals surface area contributed by atoms with E-state index in [1.807, 2.05) is 59.6 Å². The number of rotatable bonds is 6. The van der Waals surface area contributed by atoms with E-state index in [1.165, 1.54) is 0 Å². The maximum Gasteiger partial charge on any atom is 0.183 e. The molecule has 1 aromatic carbocycles. The second-order valence-corrected chi connectivity index (χ2v) is 8.97. The molecule has 5 nitrogen and oxygen atoms in total. The Morgan fingerprint density at radius 2 is 1.85 bits per heavy atom. The molecule has 0 unspecified atom stereocenters. The van der Waals surface area contributed by atoms with E-state index >= 15 is 0 Å². The first kappa shape index (κ1) is 21.5. The lowest BCUT2D eigenvalue weighted by Crippen LogP contribution is -2.41. The van der Waals surface area contributed by atoms with Crippen LogP contribution in [0.3, 0.4) is 0 Å². The third-order valence-corrected chi connectivity index (χ3v) is 4.73. The van der Waals surface area contributed by atoms with Crippen molar-refractivity contribution >= 4 is 5.94 Å². The lowest BCUT2D eigenvalue weighted by molar-refractivity contribution is -0.236. The second kappa shape index (κ2) is 8.47. The number of ether oxygens (including phenoxy) is 3. The first-order chi connectivity index (χ1) is 12.5. The quantitative estimate of drug-likeness (QED) is 0.599. The van der Waals surface area contributed by atoms with E-state index in [1.54, 1.807) is 0 Å². The summed E-state index contributed by atoms with van der Waals surface area (Å²) in [5.41, 5.74) is 1.97. The van der Waals surface area contributed by atoms with Crippen LogP contribution in [0, 0.1) is 12.3 Å². The van der Waals surface area contributed by atoms with E-state index < -0.39 is 0 Å². The molecule has 2 rings (SSSR count). The Morgan fingerprint density at radius 3 is 2.41 bits per heavy atom. The molecule has 1 aliphatic heterocycles. The van der Waals surface area contributed by atoms with Crippen LogP contribution in [0.1, 0.15) is 57.7 Å². The lowest BCUT2D eigenvalue weighted by Gasteiger charge is -2.36. The van der Waals surface area contributed by atoms with Gasteiger partial charge in [0.25, 0.3) is 0 Å². The molecule has 1 heterocycles. The van der Waals surface area contributed by atoms with Gasteiger partial charge in [-0.15, -0.1) is 0 Å². The van der Waals surface area contributed by atoms with Crippen LogP contribution in [0.15, 0.2) is 17.9 Å². The largest absolute Gasteiger partial charge is 0.507 e. The SMILES string of the molecule is Cc1cc(CC(=C=O)OCC(C)(C)C2OCCCO2)cc(C(C)(C)C)c1O. The van der Waals surface area contributed by atoms with Gasteiger partial charge in [0.1, 0.15) is 5.75 Å². The van der Waals surface area contributed by atoms with Crippen molar-refractivity contribution in [3.63, 3.8) is 0 Å². The maximum atomic E-state index is 11.4. The van der Waals surface area contributed by atoms with Gasteiger partial charge in [0.05, 0.1) is 19.8 Å². The predicted molar refractivity (Wildman–Crippen MR) is 104 cm³/mol. The Kier molecular flexibility index (Phi) is 6.74. The molecule has 1 saturated heterocycles. The first-order valence-electron chi connectivity index (χ1n) is 9.47. The van der Waals surface area contributed by atoms with Gasteiger partial charge in [-0.25, -0.2) is 4.79 Å². The average molecular weight is 376 g/mol. The molecule has 0 bridgehead atoms. The zero-order chi connectivity index (χ0) is 20.2. The number of benzene rings is 1. The minimum Gasteiger partial charge on any atom is -0.507 e. The predicted octanol–water partition coefficient (Wildman–Crippen LogP) is 4.06. The lowest BCUT2D eigenvalue weighted by atomic mass is 9.84. The number of hydrogen-bond donors (Lipinski definition) is 1. The van der Waals surface area contributed by atoms with Crippen LogP contribution in [-0.2, 0) is 30.8 Å². The van der Waals surface area contributed by atoms with E-state index in [4.69, 9.17) is 14.2 Å². The van der Waals surface area contributed by atoms with Gasteiger partial charge in [0.15, 0.2) is 18.0 Å². The monoisotopic (exact) mass is 376 g/mol. The Morgan fingerprint density at radius 1 is 1.22 bits per heavy atom. The van der Waals surface area contributed by atoms with Crippen molar-refractivity contribution in [2.24, 2.45) is 5.41 Å². The van der Waals surface area contributed by atoms with Crippen LogP contribution in [0.5, 0.6) is 5.75 Å². The highest BCUT2D eigenvalue weighted by molar-refractivity contribution is 5.53. The molecule has 5 heteroatoms. The van der Waals surface area contributed by atoms with Gasteiger partial charge >= 0.3 is 0 Å². The van der Waals surface area contributed by atoms with Crippen molar-refractivity contribution in [2.75, 3.05) is 19.8 Å². The summed E-state index contributed by atoms with van der Waals surface area (Å²) in [5.74, 6) is 2.46. The van der Waals surface area contributed by atoms with E-state index in [9.17, 15) is 9.90 Å². The molecule has 0 amide bonds. The topological polar surface area (TPSA) is 65.0 Å². The Labute approximate surface area is 162 Å². The molecular formula is C22H32O5. The van der Waals surface area contributed by atoms with Crippen LogP contribution in [0.2, 0.25) is 0 Å². The van der Waals surface area contributed by atoms with Crippen molar-refractivity contribution in [2.45, 2.75) is 66.1 Å². The van der Waals surface area contributed by atoms with Gasteiger partial charge in [0, 0.05) is 11.8 Å². The van der Waals surface area contributed by atoms with Gasteiger partial charge in [0.2, 0.25) is 0 Å². The highest BCUT2D eigenvalue weighted by atomic mass is 16.7. The van der Waals surface area contributed by atoms with Gasteiger partial charge in [-0.1, -0.05) is 46.8 Å². The summed E-state index contributed by atoms with van der Waals surface area (Å²) < 4.78 is 17.1. The summed E-state index contributed by atoms with van der Waals surface area (Å²) in [4.78, 5) is 11.4. The molecule has 0 radical (unpaired) electrons. The van der Waals surface area contributed by atoms with Crippen LogP contribution < -0.4 is 0 Å². The number of allylic oxidation sites excluding steroid dienone is 1. The molecule has 27 heavy (non-hydrogen) atoms. The summed E-state index contributed by atoms with van der Waals surface area (Å²) in [7, 11) is 0. The van der Waals surface area contributed by atoms with Crippen molar-refractivity contribution in [3.8, 4) is 5.75 Å². The summed E-state index contributed by atoms with van der Waals surface area (Å²) in [6.45, 7) is 13.6. The summed E-state index contributed by atoms with van der Waals surface area (Å²) in [6.07, 6.45) is 0.877. The van der Waals surface area contributed by atoms with Crippen LogP contribution in [0.25, 0.3) is 0 Å².